The molecule has 0 aromatic carbocycles. The number of nitrogens with zero attached hydrogens (tertiary/aromatic N) is 17. The number of hydrogen-bond acceptors (Lipinski definition) is 15. The maximum atomic E-state index is 7.25. The van der Waals surface area contributed by atoms with Gasteiger partial charge in [-0.1, -0.05) is 12.5 Å². The Morgan fingerprint density at radius 3 is 1.28 bits per heavy atom. The standard InChI is InChI=1S/C9H16N2.C8H15N3.C8H14N2.C7H21N4P.C7H12N2.C7H10N2.C5H13N3.CH5N3.K.H2O/c1-2-5-9-10-6-4-8-11(9)7-3-1;1-10-5-3-7-11-6-2-4-9-8(10)11;1-2-6-10-7-3-5-9-8(10)4-1;1-8-12(9(2)3,10(4)5)11(6)7;2*1-3-7-8-4-2-6-9(7)5-1;1-7(2)5(6)8(3)4;2-1(3)4;;/h1-8H2;2-7H2,1H3;1-7H2;1-7H3;1-6H2;1,5H,2-4,6H2;6H,1-4H3;(H5,2,3,4);;1H2/q;;;;;;;;+1;/p-1. The van der Waals surface area contributed by atoms with E-state index in [1.54, 1.807) is 9.80 Å². The van der Waals surface area contributed by atoms with Crippen molar-refractivity contribution in [2.45, 2.75) is 103 Å². The molecule has 10 heterocycles. The molecular formula is C52H107KN21OP. The zero-order valence-corrected chi connectivity index (χ0v) is 54.2. The van der Waals surface area contributed by atoms with Gasteiger partial charge in [0, 0.05) is 172 Å². The van der Waals surface area contributed by atoms with Crippen molar-refractivity contribution in [3.8, 4) is 0 Å². The average molecular weight is 1110 g/mol. The van der Waals surface area contributed by atoms with Gasteiger partial charge in [-0.15, -0.1) is 0 Å². The van der Waals surface area contributed by atoms with Crippen molar-refractivity contribution in [1.82, 2.24) is 53.2 Å². The fourth-order valence-electron chi connectivity index (χ4n) is 10.4. The summed E-state index contributed by atoms with van der Waals surface area (Å²) in [5, 5.41) is 13.3. The average Bonchev–Trinajstić information content (AvgIpc) is 4.02. The van der Waals surface area contributed by atoms with Crippen LogP contribution in [-0.4, -0.2) is 283 Å². The van der Waals surface area contributed by atoms with E-state index in [1.165, 1.54) is 191 Å². The molecule has 10 rings (SSSR count). The van der Waals surface area contributed by atoms with Crippen molar-refractivity contribution in [2.24, 2.45) is 41.2 Å². The number of piperidine rings is 1. The monoisotopic (exact) mass is 1110 g/mol. The van der Waals surface area contributed by atoms with E-state index in [9.17, 15) is 0 Å². The third-order valence-electron chi connectivity index (χ3n) is 13.9. The maximum Gasteiger partial charge on any atom is 1.00 e. The number of aliphatic imine (C=N–C) groups is 5. The topological polar surface area (TPSA) is 240 Å². The fraction of sp³-hybridized carbons (Fsp3) is 0.827. The van der Waals surface area contributed by atoms with Gasteiger partial charge in [-0.25, -0.2) is 0 Å². The molecular weight excluding hydrogens is 1000 g/mol. The van der Waals surface area contributed by atoms with Crippen molar-refractivity contribution < 1.29 is 56.9 Å². The molecule has 0 aliphatic carbocycles. The molecule has 0 atom stereocenters. The maximum absolute atomic E-state index is 7.25. The molecule has 22 nitrogen and oxygen atoms in total. The van der Waals surface area contributed by atoms with Crippen LogP contribution in [0.3, 0.4) is 0 Å². The Morgan fingerprint density at radius 2 is 0.868 bits per heavy atom. The van der Waals surface area contributed by atoms with Gasteiger partial charge in [0.2, 0.25) is 0 Å². The van der Waals surface area contributed by atoms with Gasteiger partial charge in [-0.2, -0.15) is 0 Å². The molecule has 4 saturated heterocycles. The number of nitrogens with one attached hydrogen (secondary N) is 2. The normalized spacial score (nSPS) is 19.8. The molecule has 0 bridgehead atoms. The predicted molar refractivity (Wildman–Crippen MR) is 320 cm³/mol. The fourth-order valence-corrected chi connectivity index (χ4v) is 13.6. The Balaban J connectivity index is 0.000000437. The largest absolute Gasteiger partial charge is 1.00 e. The number of nitrogens with two attached hydrogens (primary N) is 2. The summed E-state index contributed by atoms with van der Waals surface area (Å²) in [5.41, 5.74) is 8.94. The summed E-state index contributed by atoms with van der Waals surface area (Å²) >= 11 is 0. The van der Waals surface area contributed by atoms with Crippen molar-refractivity contribution in [3.63, 3.8) is 0 Å². The summed E-state index contributed by atoms with van der Waals surface area (Å²) in [4.78, 5) is 40.1. The molecule has 0 aromatic heterocycles. The second-order valence-corrected chi connectivity index (χ2v) is 24.7. The van der Waals surface area contributed by atoms with Gasteiger partial charge in [0.05, 0.1) is 17.5 Å². The number of fused-ring (bicyclic) bond motifs is 5. The molecule has 24 heteroatoms. The van der Waals surface area contributed by atoms with Crippen LogP contribution in [0, 0.1) is 10.8 Å². The molecule has 432 valence electrons. The van der Waals surface area contributed by atoms with Crippen molar-refractivity contribution in [2.75, 3.05) is 183 Å². The predicted octanol–water partition coefficient (Wildman–Crippen LogP) is 2.17. The first kappa shape index (κ1) is 71.2. The van der Waals surface area contributed by atoms with E-state index in [1.807, 2.05) is 35.2 Å². The van der Waals surface area contributed by atoms with Crippen LogP contribution in [0.4, 0.5) is 0 Å². The Hall–Kier alpha value is -2.86. The Kier molecular flexibility index (Phi) is 37.0. The Labute approximate surface area is 504 Å². The number of guanidine groups is 3. The van der Waals surface area contributed by atoms with Gasteiger partial charge in [0.15, 0.2) is 25.4 Å². The molecule has 10 aliphatic heterocycles. The van der Waals surface area contributed by atoms with Gasteiger partial charge in [0.25, 0.3) is 0 Å². The van der Waals surface area contributed by atoms with Crippen molar-refractivity contribution in [3.05, 3.63) is 12.3 Å². The van der Waals surface area contributed by atoms with Gasteiger partial charge in [-0.3, -0.25) is 54.5 Å². The van der Waals surface area contributed by atoms with E-state index in [0.717, 1.165) is 39.1 Å². The van der Waals surface area contributed by atoms with Crippen LogP contribution >= 0.6 is 7.51 Å². The van der Waals surface area contributed by atoms with Crippen LogP contribution in [0.15, 0.2) is 42.0 Å². The summed E-state index contributed by atoms with van der Waals surface area (Å²) in [6.07, 6.45) is 24.8. The number of rotatable bonds is 3. The van der Waals surface area contributed by atoms with E-state index in [0.29, 0.717) is 5.96 Å². The first-order valence-electron chi connectivity index (χ1n) is 27.8. The first-order valence-corrected chi connectivity index (χ1v) is 29.4. The molecule has 7 N–H and O–H groups in total. The summed E-state index contributed by atoms with van der Waals surface area (Å²) in [6.45, 7) is 17.6. The zero-order chi connectivity index (χ0) is 54.5. The zero-order valence-electron chi connectivity index (χ0n) is 50.2. The van der Waals surface area contributed by atoms with E-state index >= 15 is 0 Å². The molecule has 0 aromatic rings. The molecule has 0 amide bonds. The van der Waals surface area contributed by atoms with Gasteiger partial charge in [-0.05, 0) is 113 Å². The molecule has 76 heavy (non-hydrogen) atoms. The van der Waals surface area contributed by atoms with E-state index < -0.39 is 7.51 Å². The van der Waals surface area contributed by atoms with Crippen molar-refractivity contribution in [1.29, 1.82) is 10.8 Å². The SMILES string of the molecule is C1=CN2CCCN=C2C1.C1CCC2=NCCCN2CC1.C1CCN2CCCN=C2C1.C1CN=C2CCCN2C1.CN(C)C(=N)N(C)C.CN1CCCN2CCCN=C12.CN=P(N(C)C)(N(C)C)N(C)C.N=C(N)N.[K+].[OH-]. The van der Waals surface area contributed by atoms with E-state index in [2.05, 4.69) is 146 Å². The van der Waals surface area contributed by atoms with Gasteiger partial charge < -0.3 is 56.1 Å². The molecule has 0 radical (unpaired) electrons. The second kappa shape index (κ2) is 39.5. The minimum atomic E-state index is -1.57. The Bertz CT molecular complexity index is 1850. The van der Waals surface area contributed by atoms with E-state index in [-0.39, 0.29) is 62.8 Å². The van der Waals surface area contributed by atoms with Crippen LogP contribution in [-0.2, 0) is 0 Å². The van der Waals surface area contributed by atoms with Crippen LogP contribution in [0.5, 0.6) is 0 Å². The number of hydrogen-bond donors (Lipinski definition) is 4. The minimum absolute atomic E-state index is 0. The quantitative estimate of drug-likeness (QED) is 0.137. The van der Waals surface area contributed by atoms with Crippen LogP contribution in [0.25, 0.3) is 0 Å². The van der Waals surface area contributed by atoms with Crippen LogP contribution < -0.4 is 62.9 Å². The van der Waals surface area contributed by atoms with Crippen molar-refractivity contribution >= 4 is 48.7 Å². The Morgan fingerprint density at radius 1 is 0.500 bits per heavy atom. The smallest absolute Gasteiger partial charge is 0.870 e. The van der Waals surface area contributed by atoms with E-state index in [4.69, 9.17) is 10.8 Å². The first-order chi connectivity index (χ1) is 35.4. The second-order valence-electron chi connectivity index (χ2n) is 20.9. The summed E-state index contributed by atoms with van der Waals surface area (Å²) in [7, 11) is 22.3. The van der Waals surface area contributed by atoms with Crippen LogP contribution in [0.2, 0.25) is 0 Å². The molecule has 0 spiro atoms. The summed E-state index contributed by atoms with van der Waals surface area (Å²) in [5.74, 6) is 6.83. The summed E-state index contributed by atoms with van der Waals surface area (Å²) in [6, 6.07) is 0. The third kappa shape index (κ3) is 25.1. The van der Waals surface area contributed by atoms with Crippen LogP contribution in [0.1, 0.15) is 103 Å². The third-order valence-corrected chi connectivity index (χ3v) is 17.6. The number of amidine groups is 4. The summed E-state index contributed by atoms with van der Waals surface area (Å²) < 4.78 is 11.1. The minimum Gasteiger partial charge on any atom is -0.870 e. The van der Waals surface area contributed by atoms with Gasteiger partial charge in [0.1, 0.15) is 5.84 Å². The molecule has 4 fully saturated rings. The molecule has 10 aliphatic rings. The molecule has 0 unspecified atom stereocenters. The molecule has 0 saturated carbocycles. The van der Waals surface area contributed by atoms with Gasteiger partial charge >= 0.3 is 51.4 Å².